The van der Waals surface area contributed by atoms with E-state index in [1.807, 2.05) is 4.90 Å². The number of aromatic nitrogens is 1. The molecule has 0 radical (unpaired) electrons. The molecule has 1 saturated heterocycles. The fraction of sp³-hybridized carbons (Fsp3) is 0.600. The van der Waals surface area contributed by atoms with Crippen LogP contribution in [0.2, 0.25) is 0 Å². The van der Waals surface area contributed by atoms with E-state index in [9.17, 15) is 18.7 Å². The number of halogens is 2. The Balaban J connectivity index is 1.16. The number of aryl methyl sites for hydroxylation is 2. The number of hydrogen-bond acceptors (Lipinski definition) is 6. The zero-order valence-electron chi connectivity index (χ0n) is 22.8. The Bertz CT molecular complexity index is 1190. The van der Waals surface area contributed by atoms with Gasteiger partial charge in [0.2, 0.25) is 0 Å². The lowest BCUT2D eigenvalue weighted by atomic mass is 9.86. The number of carboxylic acid groups (broad SMARTS) is 1. The van der Waals surface area contributed by atoms with Crippen LogP contribution in [0.15, 0.2) is 24.3 Å². The number of nitrogens with one attached hydrogen (secondary N) is 1. The van der Waals surface area contributed by atoms with Gasteiger partial charge in [0.15, 0.2) is 0 Å². The summed E-state index contributed by atoms with van der Waals surface area (Å²) in [5, 5.41) is 13.6. The number of unbranched alkanes of at least 4 members (excludes halogenated alkanes) is 1. The average Bonchev–Trinajstić information content (AvgIpc) is 3.35. The number of hydrogen-bond donors (Lipinski definition) is 2. The molecule has 3 aliphatic rings. The maximum Gasteiger partial charge on any atom is 0.325 e. The fourth-order valence-electron chi connectivity index (χ4n) is 5.99. The number of carbonyl (C=O) groups is 1. The van der Waals surface area contributed by atoms with Gasteiger partial charge in [-0.05, 0) is 92.8 Å². The van der Waals surface area contributed by atoms with E-state index >= 15 is 0 Å². The highest BCUT2D eigenvalue weighted by Crippen LogP contribution is 2.37. The Morgan fingerprint density at radius 3 is 2.95 bits per heavy atom. The molecule has 3 aliphatic heterocycles. The number of alkyl halides is 1. The predicted octanol–water partition coefficient (Wildman–Crippen LogP) is 5.01. The molecule has 0 saturated carbocycles. The van der Waals surface area contributed by atoms with Gasteiger partial charge in [-0.2, -0.15) is 0 Å². The Morgan fingerprint density at radius 2 is 2.15 bits per heavy atom. The van der Waals surface area contributed by atoms with Crippen LogP contribution in [0.5, 0.6) is 0 Å². The zero-order valence-corrected chi connectivity index (χ0v) is 22.8. The molecule has 1 aromatic carbocycles. The minimum Gasteiger partial charge on any atom is -0.480 e. The lowest BCUT2D eigenvalue weighted by Gasteiger charge is -2.35. The highest BCUT2D eigenvalue weighted by Gasteiger charge is 2.39. The number of pyridine rings is 1. The number of benzene rings is 1. The first kappa shape index (κ1) is 27.9. The Hall–Kier alpha value is -2.62. The molecule has 2 aromatic rings. The van der Waals surface area contributed by atoms with E-state index in [1.54, 1.807) is 0 Å². The van der Waals surface area contributed by atoms with Gasteiger partial charge in [0.05, 0.1) is 18.8 Å². The SMILES string of the molecule is CC(C)(F)C1Cc2c(cc(F)cc2C(C(=O)O)N2CC[C@@H](OCCCCc3ccc4c(n3)NCCC4)C2)CO1. The Kier molecular flexibility index (Phi) is 8.49. The van der Waals surface area contributed by atoms with Crippen molar-refractivity contribution in [2.75, 3.05) is 31.6 Å². The second kappa shape index (κ2) is 11.9. The summed E-state index contributed by atoms with van der Waals surface area (Å²) in [6, 6.07) is 5.93. The van der Waals surface area contributed by atoms with Gasteiger partial charge in [-0.15, -0.1) is 0 Å². The zero-order chi connectivity index (χ0) is 27.6. The van der Waals surface area contributed by atoms with Crippen molar-refractivity contribution in [2.24, 2.45) is 0 Å². The van der Waals surface area contributed by atoms with Crippen molar-refractivity contribution < 1.29 is 28.2 Å². The van der Waals surface area contributed by atoms with Crippen LogP contribution in [0, 0.1) is 5.82 Å². The fourth-order valence-corrected chi connectivity index (χ4v) is 5.99. The number of ether oxygens (including phenoxy) is 2. The van der Waals surface area contributed by atoms with Crippen LogP contribution in [-0.4, -0.2) is 65.1 Å². The van der Waals surface area contributed by atoms with Crippen LogP contribution in [0.1, 0.15) is 73.5 Å². The second-order valence-electron chi connectivity index (χ2n) is 11.5. The smallest absolute Gasteiger partial charge is 0.325 e. The van der Waals surface area contributed by atoms with Gasteiger partial charge in [-0.1, -0.05) is 6.07 Å². The van der Waals surface area contributed by atoms with Crippen LogP contribution in [0.4, 0.5) is 14.6 Å². The Labute approximate surface area is 228 Å². The van der Waals surface area contributed by atoms with Gasteiger partial charge in [0, 0.05) is 38.4 Å². The average molecular weight is 544 g/mol. The third-order valence-electron chi connectivity index (χ3n) is 8.14. The van der Waals surface area contributed by atoms with Crippen LogP contribution < -0.4 is 5.32 Å². The molecule has 5 rings (SSSR count). The largest absolute Gasteiger partial charge is 0.480 e. The van der Waals surface area contributed by atoms with Gasteiger partial charge < -0.3 is 19.9 Å². The number of rotatable bonds is 10. The highest BCUT2D eigenvalue weighted by molar-refractivity contribution is 5.76. The number of fused-ring (bicyclic) bond motifs is 2. The standard InChI is InChI=1S/C30H39F2N3O4/c1-30(2,32)26-16-24-20(18-39-26)14-21(31)15-25(24)27(29(36)37)35-12-10-23(17-35)38-13-4-3-7-22-9-8-19-6-5-11-33-28(19)34-22/h8-9,14-15,23,26-27H,3-7,10-13,16-18H2,1-2H3,(H,33,34)(H,36,37)/t23-,26?,27?/m1/s1. The number of nitrogens with zero attached hydrogens (tertiary/aromatic N) is 2. The van der Waals surface area contributed by atoms with Crippen molar-refractivity contribution in [1.82, 2.24) is 9.88 Å². The number of likely N-dealkylation sites (tertiary alicyclic amines) is 1. The molecular formula is C30H39F2N3O4. The molecule has 7 nitrogen and oxygen atoms in total. The summed E-state index contributed by atoms with van der Waals surface area (Å²) in [5.41, 5.74) is 2.44. The Morgan fingerprint density at radius 1 is 1.31 bits per heavy atom. The van der Waals surface area contributed by atoms with Gasteiger partial charge in [0.25, 0.3) is 0 Å². The molecule has 2 N–H and O–H groups in total. The third kappa shape index (κ3) is 6.58. The topological polar surface area (TPSA) is 83.9 Å². The minimum absolute atomic E-state index is 0.0632. The summed E-state index contributed by atoms with van der Waals surface area (Å²) < 4.78 is 41.0. The number of anilines is 1. The summed E-state index contributed by atoms with van der Waals surface area (Å²) in [6.45, 7) is 5.52. The van der Waals surface area contributed by atoms with Gasteiger partial charge in [-0.3, -0.25) is 9.69 Å². The van der Waals surface area contributed by atoms with E-state index in [4.69, 9.17) is 14.5 Å². The second-order valence-corrected chi connectivity index (χ2v) is 11.5. The summed E-state index contributed by atoms with van der Waals surface area (Å²) in [4.78, 5) is 19.1. The maximum atomic E-state index is 14.7. The van der Waals surface area contributed by atoms with Crippen molar-refractivity contribution in [2.45, 2.75) is 89.3 Å². The summed E-state index contributed by atoms with van der Waals surface area (Å²) >= 11 is 0. The molecule has 4 heterocycles. The quantitative estimate of drug-likeness (QED) is 0.408. The van der Waals surface area contributed by atoms with E-state index in [-0.39, 0.29) is 19.1 Å². The van der Waals surface area contributed by atoms with Crippen LogP contribution in [0.3, 0.4) is 0 Å². The lowest BCUT2D eigenvalue weighted by molar-refractivity contribution is -0.143. The molecule has 212 valence electrons. The first-order valence-corrected chi connectivity index (χ1v) is 14.1. The molecule has 0 spiro atoms. The molecule has 2 unspecified atom stereocenters. The van der Waals surface area contributed by atoms with Crippen molar-refractivity contribution >= 4 is 11.8 Å². The first-order chi connectivity index (χ1) is 18.7. The predicted molar refractivity (Wildman–Crippen MR) is 144 cm³/mol. The van der Waals surface area contributed by atoms with Crippen molar-refractivity contribution in [3.63, 3.8) is 0 Å². The van der Waals surface area contributed by atoms with Crippen molar-refractivity contribution in [1.29, 1.82) is 0 Å². The number of aliphatic carboxylic acids is 1. The summed E-state index contributed by atoms with van der Waals surface area (Å²) in [5.74, 6) is -0.532. The molecule has 1 aromatic heterocycles. The van der Waals surface area contributed by atoms with Crippen LogP contribution in [-0.2, 0) is 40.1 Å². The molecule has 0 aliphatic carbocycles. The molecule has 1 fully saturated rings. The van der Waals surface area contributed by atoms with Gasteiger partial charge in [-0.25, -0.2) is 13.8 Å². The molecular weight excluding hydrogens is 504 g/mol. The van der Waals surface area contributed by atoms with Crippen LogP contribution >= 0.6 is 0 Å². The minimum atomic E-state index is -1.60. The normalized spacial score (nSPS) is 22.2. The van der Waals surface area contributed by atoms with Crippen LogP contribution in [0.25, 0.3) is 0 Å². The van der Waals surface area contributed by atoms with E-state index in [1.165, 1.54) is 31.5 Å². The van der Waals surface area contributed by atoms with E-state index in [2.05, 4.69) is 17.4 Å². The van der Waals surface area contributed by atoms with Gasteiger partial charge >= 0.3 is 5.97 Å². The summed E-state index contributed by atoms with van der Waals surface area (Å²) in [7, 11) is 0. The summed E-state index contributed by atoms with van der Waals surface area (Å²) in [6.07, 6.45) is 5.09. The molecule has 0 bridgehead atoms. The van der Waals surface area contributed by atoms with E-state index < -0.39 is 29.6 Å². The van der Waals surface area contributed by atoms with Gasteiger partial charge in [0.1, 0.15) is 23.3 Å². The van der Waals surface area contributed by atoms with Crippen molar-refractivity contribution in [3.05, 3.63) is 58.0 Å². The van der Waals surface area contributed by atoms with E-state index in [0.29, 0.717) is 42.8 Å². The number of carboxylic acids is 1. The maximum absolute atomic E-state index is 14.7. The first-order valence-electron chi connectivity index (χ1n) is 14.1. The monoisotopic (exact) mass is 543 g/mol. The van der Waals surface area contributed by atoms with Crippen molar-refractivity contribution in [3.8, 4) is 0 Å². The molecule has 9 heteroatoms. The molecule has 39 heavy (non-hydrogen) atoms. The van der Waals surface area contributed by atoms with E-state index in [0.717, 1.165) is 50.2 Å². The third-order valence-corrected chi connectivity index (χ3v) is 8.14. The lowest BCUT2D eigenvalue weighted by Crippen LogP contribution is -2.40. The highest BCUT2D eigenvalue weighted by atomic mass is 19.1. The molecule has 0 amide bonds. The molecule has 3 atom stereocenters.